The molecule has 3 N–H and O–H groups in total. The van der Waals surface area contributed by atoms with Crippen molar-refractivity contribution in [1.82, 2.24) is 0 Å². The molecule has 1 aromatic carbocycles. The van der Waals surface area contributed by atoms with Crippen molar-refractivity contribution in [3.8, 4) is 0 Å². The maximum Gasteiger partial charge on any atom is 0.227 e. The molecule has 14 heavy (non-hydrogen) atoms. The average Bonchev–Trinajstić information content (AvgIpc) is 2.94. The molecule has 0 aliphatic heterocycles. The largest absolute Gasteiger partial charge is 0.398 e. The fourth-order valence-electron chi connectivity index (χ4n) is 1.31. The second-order valence-electron chi connectivity index (χ2n) is 3.83. The molecule has 1 aliphatic rings. The second kappa shape index (κ2) is 3.33. The molecular weight excluding hydrogens is 176 g/mol. The normalized spacial score (nSPS) is 15.2. The van der Waals surface area contributed by atoms with Crippen LogP contribution in [0.3, 0.4) is 0 Å². The molecule has 0 bridgehead atoms. The Morgan fingerprint density at radius 2 is 2.21 bits per heavy atom. The number of nitrogens with two attached hydrogens (primary N) is 1. The number of carbonyl (C=O) groups excluding carboxylic acids is 1. The Morgan fingerprint density at radius 1 is 1.50 bits per heavy atom. The van der Waals surface area contributed by atoms with Crippen LogP contribution >= 0.6 is 0 Å². The van der Waals surface area contributed by atoms with Crippen molar-refractivity contribution in [1.29, 1.82) is 0 Å². The van der Waals surface area contributed by atoms with Gasteiger partial charge in [0.15, 0.2) is 0 Å². The van der Waals surface area contributed by atoms with Gasteiger partial charge in [-0.2, -0.15) is 0 Å². The van der Waals surface area contributed by atoms with Gasteiger partial charge in [-0.25, -0.2) is 0 Å². The molecule has 74 valence electrons. The molecule has 0 atom stereocenters. The van der Waals surface area contributed by atoms with E-state index in [1.807, 2.05) is 19.1 Å². The van der Waals surface area contributed by atoms with Crippen LogP contribution in [0.4, 0.5) is 11.4 Å². The van der Waals surface area contributed by atoms with Crippen LogP contribution in [-0.4, -0.2) is 5.91 Å². The lowest BCUT2D eigenvalue weighted by atomic mass is 10.2. The molecule has 0 saturated heterocycles. The Balaban J connectivity index is 2.08. The lowest BCUT2D eigenvalue weighted by Gasteiger charge is -2.06. The molecule has 0 heterocycles. The number of amides is 1. The van der Waals surface area contributed by atoms with Crippen molar-refractivity contribution >= 4 is 17.3 Å². The maximum atomic E-state index is 11.4. The smallest absolute Gasteiger partial charge is 0.227 e. The number of anilines is 2. The standard InChI is InChI=1S/C11H14N2O/c1-7-2-5-9(6-10(7)12)13-11(14)8-3-4-8/h2,5-6,8H,3-4,12H2,1H3,(H,13,14). The van der Waals surface area contributed by atoms with E-state index >= 15 is 0 Å². The minimum absolute atomic E-state index is 0.119. The van der Waals surface area contributed by atoms with Crippen molar-refractivity contribution in [2.75, 3.05) is 11.1 Å². The summed E-state index contributed by atoms with van der Waals surface area (Å²) >= 11 is 0. The summed E-state index contributed by atoms with van der Waals surface area (Å²) in [5, 5.41) is 2.85. The Morgan fingerprint density at radius 3 is 2.79 bits per heavy atom. The highest BCUT2D eigenvalue weighted by molar-refractivity contribution is 5.94. The van der Waals surface area contributed by atoms with Crippen LogP contribution in [0.5, 0.6) is 0 Å². The van der Waals surface area contributed by atoms with Gasteiger partial charge in [0.05, 0.1) is 0 Å². The third kappa shape index (κ3) is 1.87. The van der Waals surface area contributed by atoms with E-state index < -0.39 is 0 Å². The Kier molecular flexibility index (Phi) is 2.15. The molecule has 1 fully saturated rings. The fraction of sp³-hybridized carbons (Fsp3) is 0.364. The van der Waals surface area contributed by atoms with Crippen LogP contribution in [0, 0.1) is 12.8 Å². The van der Waals surface area contributed by atoms with Gasteiger partial charge in [-0.3, -0.25) is 4.79 Å². The van der Waals surface area contributed by atoms with E-state index in [1.165, 1.54) is 0 Å². The van der Waals surface area contributed by atoms with E-state index in [4.69, 9.17) is 5.73 Å². The first kappa shape index (κ1) is 9.06. The summed E-state index contributed by atoms with van der Waals surface area (Å²) in [7, 11) is 0. The molecule has 1 amide bonds. The molecular formula is C11H14N2O. The molecule has 1 aromatic rings. The van der Waals surface area contributed by atoms with Gasteiger partial charge in [0, 0.05) is 17.3 Å². The lowest BCUT2D eigenvalue weighted by Crippen LogP contribution is -2.13. The Bertz CT molecular complexity index is 370. The third-order valence-electron chi connectivity index (χ3n) is 2.49. The quantitative estimate of drug-likeness (QED) is 0.700. The molecule has 0 unspecified atom stereocenters. The molecule has 0 aromatic heterocycles. The molecule has 0 radical (unpaired) electrons. The molecule has 3 heteroatoms. The highest BCUT2D eigenvalue weighted by atomic mass is 16.2. The third-order valence-corrected chi connectivity index (χ3v) is 2.49. The summed E-state index contributed by atoms with van der Waals surface area (Å²) in [4.78, 5) is 11.4. The van der Waals surface area contributed by atoms with Gasteiger partial charge in [-0.05, 0) is 37.5 Å². The minimum atomic E-state index is 0.119. The number of aryl methyl sites for hydroxylation is 1. The summed E-state index contributed by atoms with van der Waals surface area (Å²) in [5.74, 6) is 0.353. The van der Waals surface area contributed by atoms with Gasteiger partial charge in [0.1, 0.15) is 0 Å². The SMILES string of the molecule is Cc1ccc(NC(=O)C2CC2)cc1N. The summed E-state index contributed by atoms with van der Waals surface area (Å²) in [6.45, 7) is 1.95. The molecule has 2 rings (SSSR count). The van der Waals surface area contributed by atoms with Gasteiger partial charge in [0.25, 0.3) is 0 Å². The van der Waals surface area contributed by atoms with Crippen LogP contribution in [0.2, 0.25) is 0 Å². The van der Waals surface area contributed by atoms with Crippen molar-refractivity contribution in [3.63, 3.8) is 0 Å². The topological polar surface area (TPSA) is 55.1 Å². The molecule has 3 nitrogen and oxygen atoms in total. The summed E-state index contributed by atoms with van der Waals surface area (Å²) in [5.41, 5.74) is 8.29. The number of rotatable bonds is 2. The Labute approximate surface area is 83.3 Å². The van der Waals surface area contributed by atoms with E-state index in [0.29, 0.717) is 0 Å². The number of nitrogen functional groups attached to an aromatic ring is 1. The number of nitrogens with one attached hydrogen (secondary N) is 1. The van der Waals surface area contributed by atoms with Crippen LogP contribution in [0.1, 0.15) is 18.4 Å². The summed E-state index contributed by atoms with van der Waals surface area (Å²) in [6, 6.07) is 5.60. The number of benzene rings is 1. The molecule has 1 saturated carbocycles. The minimum Gasteiger partial charge on any atom is -0.398 e. The van der Waals surface area contributed by atoms with E-state index in [-0.39, 0.29) is 11.8 Å². The Hall–Kier alpha value is -1.51. The predicted molar refractivity (Wildman–Crippen MR) is 56.9 cm³/mol. The van der Waals surface area contributed by atoms with Crippen LogP contribution < -0.4 is 11.1 Å². The van der Waals surface area contributed by atoms with Gasteiger partial charge < -0.3 is 11.1 Å². The van der Waals surface area contributed by atoms with Gasteiger partial charge in [0.2, 0.25) is 5.91 Å². The summed E-state index contributed by atoms with van der Waals surface area (Å²) in [6.07, 6.45) is 2.04. The van der Waals surface area contributed by atoms with E-state index in [1.54, 1.807) is 6.07 Å². The van der Waals surface area contributed by atoms with Crippen LogP contribution in [-0.2, 0) is 4.79 Å². The van der Waals surface area contributed by atoms with E-state index in [0.717, 1.165) is 29.8 Å². The first-order valence-electron chi connectivity index (χ1n) is 4.84. The van der Waals surface area contributed by atoms with Gasteiger partial charge in [-0.15, -0.1) is 0 Å². The monoisotopic (exact) mass is 190 g/mol. The zero-order valence-corrected chi connectivity index (χ0v) is 8.21. The zero-order valence-electron chi connectivity index (χ0n) is 8.21. The van der Waals surface area contributed by atoms with Crippen molar-refractivity contribution < 1.29 is 4.79 Å². The predicted octanol–water partition coefficient (Wildman–Crippen LogP) is 1.93. The summed E-state index contributed by atoms with van der Waals surface area (Å²) < 4.78 is 0. The average molecular weight is 190 g/mol. The van der Waals surface area contributed by atoms with E-state index in [9.17, 15) is 4.79 Å². The zero-order chi connectivity index (χ0) is 10.1. The lowest BCUT2D eigenvalue weighted by molar-refractivity contribution is -0.117. The number of hydrogen-bond acceptors (Lipinski definition) is 2. The number of carbonyl (C=O) groups is 1. The van der Waals surface area contributed by atoms with Crippen molar-refractivity contribution in [3.05, 3.63) is 23.8 Å². The first-order valence-corrected chi connectivity index (χ1v) is 4.84. The van der Waals surface area contributed by atoms with E-state index in [2.05, 4.69) is 5.32 Å². The second-order valence-corrected chi connectivity index (χ2v) is 3.83. The fourth-order valence-corrected chi connectivity index (χ4v) is 1.31. The van der Waals surface area contributed by atoms with Crippen molar-refractivity contribution in [2.45, 2.75) is 19.8 Å². The first-order chi connectivity index (χ1) is 6.66. The van der Waals surface area contributed by atoms with Crippen molar-refractivity contribution in [2.24, 2.45) is 5.92 Å². The highest BCUT2D eigenvalue weighted by Gasteiger charge is 2.29. The van der Waals surface area contributed by atoms with Crippen LogP contribution in [0.15, 0.2) is 18.2 Å². The molecule has 0 spiro atoms. The van der Waals surface area contributed by atoms with Gasteiger partial charge in [-0.1, -0.05) is 6.07 Å². The number of hydrogen-bond donors (Lipinski definition) is 2. The maximum absolute atomic E-state index is 11.4. The highest BCUT2D eigenvalue weighted by Crippen LogP contribution is 2.30. The van der Waals surface area contributed by atoms with Gasteiger partial charge >= 0.3 is 0 Å². The van der Waals surface area contributed by atoms with Crippen LogP contribution in [0.25, 0.3) is 0 Å². The molecule has 1 aliphatic carbocycles.